The zero-order valence-corrected chi connectivity index (χ0v) is 18.2. The number of ether oxygens (including phenoxy) is 1. The third-order valence-corrected chi connectivity index (χ3v) is 6.33. The maximum absolute atomic E-state index is 12.9. The highest BCUT2D eigenvalue weighted by Gasteiger charge is 2.30. The number of carbonyl (C=O) groups is 3. The van der Waals surface area contributed by atoms with Crippen molar-refractivity contribution in [1.29, 1.82) is 0 Å². The summed E-state index contributed by atoms with van der Waals surface area (Å²) < 4.78 is 5.11. The summed E-state index contributed by atoms with van der Waals surface area (Å²) in [7, 11) is 1.57. The number of aromatic nitrogens is 1. The number of nitrogens with zero attached hydrogens (tertiary/aromatic N) is 1. The summed E-state index contributed by atoms with van der Waals surface area (Å²) in [6, 6.07) is 13.2. The third kappa shape index (κ3) is 4.62. The Morgan fingerprint density at radius 1 is 1.03 bits per heavy atom. The molecular formula is C23H22N4O4S. The van der Waals surface area contributed by atoms with E-state index in [1.54, 1.807) is 55.6 Å². The van der Waals surface area contributed by atoms with Gasteiger partial charge in [0.2, 0.25) is 11.8 Å². The molecule has 3 aromatic rings. The molecule has 1 atom stereocenters. The molecule has 1 heterocycles. The fourth-order valence-electron chi connectivity index (χ4n) is 3.59. The Kier molecular flexibility index (Phi) is 6.18. The molecule has 0 spiro atoms. The molecular weight excluding hydrogens is 428 g/mol. The molecule has 1 aromatic heterocycles. The van der Waals surface area contributed by atoms with Gasteiger partial charge < -0.3 is 15.8 Å². The van der Waals surface area contributed by atoms with Crippen molar-refractivity contribution >= 4 is 39.9 Å². The summed E-state index contributed by atoms with van der Waals surface area (Å²) >= 11 is 1.40. The van der Waals surface area contributed by atoms with E-state index in [-0.39, 0.29) is 11.8 Å². The van der Waals surface area contributed by atoms with Gasteiger partial charge in [-0.2, -0.15) is 0 Å². The number of thiazole rings is 1. The minimum absolute atomic E-state index is 0.170. The number of hydrogen-bond donors (Lipinski definition) is 3. The van der Waals surface area contributed by atoms with E-state index < -0.39 is 11.8 Å². The molecule has 9 heteroatoms. The Morgan fingerprint density at radius 3 is 2.38 bits per heavy atom. The van der Waals surface area contributed by atoms with E-state index in [0.29, 0.717) is 39.8 Å². The Balaban J connectivity index is 1.47. The molecule has 3 amide bonds. The van der Waals surface area contributed by atoms with Crippen molar-refractivity contribution in [2.24, 2.45) is 5.73 Å². The van der Waals surface area contributed by atoms with Crippen LogP contribution in [0.15, 0.2) is 48.5 Å². The van der Waals surface area contributed by atoms with E-state index in [1.165, 1.54) is 11.3 Å². The number of benzene rings is 2. The van der Waals surface area contributed by atoms with E-state index in [0.717, 1.165) is 17.7 Å². The third-order valence-electron chi connectivity index (χ3n) is 5.28. The Bertz CT molecular complexity index is 1160. The van der Waals surface area contributed by atoms with Gasteiger partial charge in [-0.3, -0.25) is 19.7 Å². The van der Waals surface area contributed by atoms with E-state index in [2.05, 4.69) is 15.6 Å². The van der Waals surface area contributed by atoms with Crippen molar-refractivity contribution in [1.82, 2.24) is 4.98 Å². The van der Waals surface area contributed by atoms with Gasteiger partial charge in [0.25, 0.3) is 5.91 Å². The number of primary amides is 1. The van der Waals surface area contributed by atoms with Crippen LogP contribution in [0.4, 0.5) is 10.8 Å². The van der Waals surface area contributed by atoms with Gasteiger partial charge in [0.1, 0.15) is 5.75 Å². The van der Waals surface area contributed by atoms with Gasteiger partial charge in [-0.15, -0.1) is 11.3 Å². The van der Waals surface area contributed by atoms with Crippen LogP contribution in [0.1, 0.15) is 50.0 Å². The molecule has 8 nitrogen and oxygen atoms in total. The number of methoxy groups -OCH3 is 1. The number of hydrogen-bond acceptors (Lipinski definition) is 6. The maximum Gasteiger partial charge on any atom is 0.257 e. The lowest BCUT2D eigenvalue weighted by molar-refractivity contribution is -0.117. The largest absolute Gasteiger partial charge is 0.497 e. The monoisotopic (exact) mass is 450 g/mol. The predicted octanol–water partition coefficient (Wildman–Crippen LogP) is 3.56. The lowest BCUT2D eigenvalue weighted by Gasteiger charge is -2.20. The van der Waals surface area contributed by atoms with Gasteiger partial charge in [0, 0.05) is 21.7 Å². The topological polar surface area (TPSA) is 123 Å². The molecule has 0 bridgehead atoms. The van der Waals surface area contributed by atoms with Gasteiger partial charge in [-0.1, -0.05) is 0 Å². The van der Waals surface area contributed by atoms with E-state index in [9.17, 15) is 14.4 Å². The first-order chi connectivity index (χ1) is 15.4. The van der Waals surface area contributed by atoms with Crippen LogP contribution >= 0.6 is 11.3 Å². The number of nitrogens with one attached hydrogen (secondary N) is 2. The number of anilines is 2. The highest BCUT2D eigenvalue weighted by atomic mass is 32.1. The second-order valence-electron chi connectivity index (χ2n) is 7.39. The van der Waals surface area contributed by atoms with E-state index in [4.69, 9.17) is 10.5 Å². The molecule has 0 fully saturated rings. The lowest BCUT2D eigenvalue weighted by Crippen LogP contribution is -2.24. The SMILES string of the molecule is COc1ccc(C(=O)Nc2nc3c(s2)CCC[C@H]3C(=O)Nc2ccc(C(N)=O)cc2)cc1. The smallest absolute Gasteiger partial charge is 0.257 e. The van der Waals surface area contributed by atoms with Crippen molar-refractivity contribution < 1.29 is 19.1 Å². The summed E-state index contributed by atoms with van der Waals surface area (Å²) in [5.41, 5.74) is 7.41. The number of nitrogens with two attached hydrogens (primary N) is 1. The molecule has 0 aliphatic heterocycles. The first-order valence-corrected chi connectivity index (χ1v) is 10.9. The molecule has 2 aromatic carbocycles. The summed E-state index contributed by atoms with van der Waals surface area (Å²) in [6.45, 7) is 0. The number of amides is 3. The van der Waals surface area contributed by atoms with Crippen LogP contribution in [0.25, 0.3) is 0 Å². The molecule has 0 radical (unpaired) electrons. The van der Waals surface area contributed by atoms with Gasteiger partial charge >= 0.3 is 0 Å². The van der Waals surface area contributed by atoms with Crippen molar-refractivity contribution in [2.45, 2.75) is 25.2 Å². The number of fused-ring (bicyclic) bond motifs is 1. The van der Waals surface area contributed by atoms with Crippen LogP contribution in [0, 0.1) is 0 Å². The molecule has 0 saturated carbocycles. The summed E-state index contributed by atoms with van der Waals surface area (Å²) in [4.78, 5) is 42.3. The molecule has 1 aliphatic rings. The normalized spacial score (nSPS) is 14.8. The van der Waals surface area contributed by atoms with Gasteiger partial charge in [-0.05, 0) is 67.8 Å². The highest BCUT2D eigenvalue weighted by Crippen LogP contribution is 2.37. The molecule has 0 saturated heterocycles. The van der Waals surface area contributed by atoms with Crippen LogP contribution < -0.4 is 21.1 Å². The minimum atomic E-state index is -0.522. The van der Waals surface area contributed by atoms with Crippen LogP contribution in [0.2, 0.25) is 0 Å². The fraction of sp³-hybridized carbons (Fsp3) is 0.217. The number of carbonyl (C=O) groups excluding carboxylic acids is 3. The van der Waals surface area contributed by atoms with Crippen molar-refractivity contribution in [3.63, 3.8) is 0 Å². The highest BCUT2D eigenvalue weighted by molar-refractivity contribution is 7.16. The van der Waals surface area contributed by atoms with E-state index >= 15 is 0 Å². The predicted molar refractivity (Wildman–Crippen MR) is 122 cm³/mol. The zero-order valence-electron chi connectivity index (χ0n) is 17.4. The van der Waals surface area contributed by atoms with E-state index in [1.807, 2.05) is 0 Å². The van der Waals surface area contributed by atoms with Crippen LogP contribution in [-0.4, -0.2) is 29.8 Å². The number of rotatable bonds is 6. The van der Waals surface area contributed by atoms with Crippen molar-refractivity contribution in [2.75, 3.05) is 17.7 Å². The van der Waals surface area contributed by atoms with Crippen LogP contribution in [-0.2, 0) is 11.2 Å². The summed E-state index contributed by atoms with van der Waals surface area (Å²) in [5, 5.41) is 6.18. The molecule has 0 unspecified atom stereocenters. The molecule has 4 rings (SSSR count). The van der Waals surface area contributed by atoms with Crippen molar-refractivity contribution in [3.05, 3.63) is 70.2 Å². The quantitative estimate of drug-likeness (QED) is 0.530. The maximum atomic E-state index is 12.9. The Labute approximate surface area is 188 Å². The zero-order chi connectivity index (χ0) is 22.7. The van der Waals surface area contributed by atoms with Gasteiger partial charge in [0.15, 0.2) is 5.13 Å². The Morgan fingerprint density at radius 2 is 1.72 bits per heavy atom. The summed E-state index contributed by atoms with van der Waals surface area (Å²) in [5.74, 6) is -0.696. The first kappa shape index (κ1) is 21.5. The standard InChI is InChI=1S/C23H22N4O4S/c1-31-16-11-7-14(8-12-16)21(29)27-23-26-19-17(3-2-4-18(19)32-23)22(30)25-15-9-5-13(6-10-15)20(24)28/h5-12,17H,2-4H2,1H3,(H2,24,28)(H,25,30)(H,26,27,29)/t17-/m1/s1. The second-order valence-corrected chi connectivity index (χ2v) is 8.47. The Hall–Kier alpha value is -3.72. The molecule has 1 aliphatic carbocycles. The molecule has 32 heavy (non-hydrogen) atoms. The van der Waals surface area contributed by atoms with Crippen LogP contribution in [0.3, 0.4) is 0 Å². The van der Waals surface area contributed by atoms with Crippen molar-refractivity contribution in [3.8, 4) is 5.75 Å². The molecule has 164 valence electrons. The fourth-order valence-corrected chi connectivity index (χ4v) is 4.65. The number of aryl methyl sites for hydroxylation is 1. The second kappa shape index (κ2) is 9.19. The average Bonchev–Trinajstić information content (AvgIpc) is 3.21. The van der Waals surface area contributed by atoms with Crippen LogP contribution in [0.5, 0.6) is 5.75 Å². The average molecular weight is 451 g/mol. The summed E-state index contributed by atoms with van der Waals surface area (Å²) in [6.07, 6.45) is 2.36. The van der Waals surface area contributed by atoms with Gasteiger partial charge in [-0.25, -0.2) is 4.98 Å². The molecule has 4 N–H and O–H groups in total. The van der Waals surface area contributed by atoms with Gasteiger partial charge in [0.05, 0.1) is 18.7 Å². The minimum Gasteiger partial charge on any atom is -0.497 e. The lowest BCUT2D eigenvalue weighted by atomic mass is 9.90. The first-order valence-electron chi connectivity index (χ1n) is 10.1.